The lowest BCUT2D eigenvalue weighted by atomic mass is 10.3. The maximum Gasteiger partial charge on any atom is 0.191 e. The molecule has 2 N–H and O–H groups in total. The van der Waals surface area contributed by atoms with Crippen molar-refractivity contribution in [2.45, 2.75) is 40.3 Å². The molecule has 126 valence electrons. The molecule has 1 heterocycles. The standard InChI is InChI=1S/C16H29N5.HI/c1-5-17-16(19-12-14(4)21(6-2)7-3)20-13-15-10-8-9-11-18-15;/h8-11,14H,5-7,12-13H2,1-4H3,(H2,17,19,20);1H. The quantitative estimate of drug-likeness (QED) is 0.386. The van der Waals surface area contributed by atoms with Crippen LogP contribution in [0.5, 0.6) is 0 Å². The minimum Gasteiger partial charge on any atom is -0.357 e. The van der Waals surface area contributed by atoms with Crippen molar-refractivity contribution in [3.63, 3.8) is 0 Å². The first-order chi connectivity index (χ1) is 10.2. The van der Waals surface area contributed by atoms with E-state index in [1.54, 1.807) is 6.20 Å². The average molecular weight is 419 g/mol. The van der Waals surface area contributed by atoms with E-state index < -0.39 is 0 Å². The third-order valence-corrected chi connectivity index (χ3v) is 3.47. The Hall–Kier alpha value is -0.890. The van der Waals surface area contributed by atoms with Gasteiger partial charge >= 0.3 is 0 Å². The molecule has 0 saturated carbocycles. The van der Waals surface area contributed by atoms with Crippen LogP contribution < -0.4 is 10.6 Å². The molecule has 0 aliphatic rings. The first kappa shape index (κ1) is 21.1. The van der Waals surface area contributed by atoms with Gasteiger partial charge in [0.05, 0.1) is 12.2 Å². The van der Waals surface area contributed by atoms with Crippen LogP contribution in [-0.4, -0.2) is 48.1 Å². The zero-order chi connectivity index (χ0) is 15.5. The van der Waals surface area contributed by atoms with Crippen molar-refractivity contribution in [1.29, 1.82) is 0 Å². The lowest BCUT2D eigenvalue weighted by molar-refractivity contribution is 0.231. The van der Waals surface area contributed by atoms with E-state index in [2.05, 4.69) is 53.2 Å². The molecule has 1 aromatic heterocycles. The van der Waals surface area contributed by atoms with Crippen LogP contribution in [0.25, 0.3) is 0 Å². The normalized spacial score (nSPS) is 12.7. The average Bonchev–Trinajstić information content (AvgIpc) is 2.52. The van der Waals surface area contributed by atoms with Crippen molar-refractivity contribution in [1.82, 2.24) is 20.5 Å². The van der Waals surface area contributed by atoms with Crippen LogP contribution in [0.4, 0.5) is 0 Å². The molecule has 0 fully saturated rings. The predicted molar refractivity (Wildman–Crippen MR) is 105 cm³/mol. The molecule has 0 radical (unpaired) electrons. The fourth-order valence-electron chi connectivity index (χ4n) is 2.21. The molecule has 6 heteroatoms. The van der Waals surface area contributed by atoms with Crippen molar-refractivity contribution in [2.75, 3.05) is 26.2 Å². The van der Waals surface area contributed by atoms with E-state index in [0.29, 0.717) is 12.6 Å². The van der Waals surface area contributed by atoms with E-state index in [0.717, 1.165) is 37.8 Å². The van der Waals surface area contributed by atoms with Gasteiger partial charge in [-0.15, -0.1) is 24.0 Å². The van der Waals surface area contributed by atoms with Crippen molar-refractivity contribution < 1.29 is 0 Å². The Balaban J connectivity index is 0.00000441. The fraction of sp³-hybridized carbons (Fsp3) is 0.625. The molecule has 0 bridgehead atoms. The number of pyridine rings is 1. The SMILES string of the molecule is CCNC(=NCc1ccccn1)NCC(C)N(CC)CC.I. The van der Waals surface area contributed by atoms with Gasteiger partial charge < -0.3 is 10.6 Å². The molecule has 1 unspecified atom stereocenters. The van der Waals surface area contributed by atoms with Crippen molar-refractivity contribution in [2.24, 2.45) is 4.99 Å². The molecule has 0 aliphatic heterocycles. The maximum atomic E-state index is 4.58. The van der Waals surface area contributed by atoms with E-state index in [9.17, 15) is 0 Å². The van der Waals surface area contributed by atoms with E-state index in [1.807, 2.05) is 18.2 Å². The molecule has 22 heavy (non-hydrogen) atoms. The minimum atomic E-state index is 0. The third kappa shape index (κ3) is 7.93. The van der Waals surface area contributed by atoms with E-state index in [-0.39, 0.29) is 24.0 Å². The zero-order valence-corrected chi connectivity index (χ0v) is 16.5. The number of halogens is 1. The number of guanidine groups is 1. The summed E-state index contributed by atoms with van der Waals surface area (Å²) in [5.41, 5.74) is 0.978. The van der Waals surface area contributed by atoms with Gasteiger partial charge in [0.1, 0.15) is 0 Å². The smallest absolute Gasteiger partial charge is 0.191 e. The van der Waals surface area contributed by atoms with Gasteiger partial charge in [-0.1, -0.05) is 19.9 Å². The molecule has 1 atom stereocenters. The topological polar surface area (TPSA) is 52.6 Å². The highest BCUT2D eigenvalue weighted by molar-refractivity contribution is 14.0. The van der Waals surface area contributed by atoms with Crippen LogP contribution in [0.1, 0.15) is 33.4 Å². The minimum absolute atomic E-state index is 0. The third-order valence-electron chi connectivity index (χ3n) is 3.47. The number of aromatic nitrogens is 1. The summed E-state index contributed by atoms with van der Waals surface area (Å²) in [6.45, 7) is 13.2. The summed E-state index contributed by atoms with van der Waals surface area (Å²) in [6, 6.07) is 6.38. The van der Waals surface area contributed by atoms with Crippen molar-refractivity contribution in [3.05, 3.63) is 30.1 Å². The van der Waals surface area contributed by atoms with Crippen molar-refractivity contribution in [3.8, 4) is 0 Å². The Bertz CT molecular complexity index is 406. The summed E-state index contributed by atoms with van der Waals surface area (Å²) in [5.74, 6) is 0.849. The Morgan fingerprint density at radius 2 is 1.95 bits per heavy atom. The number of aliphatic imine (C=N–C) groups is 1. The molecule has 1 rings (SSSR count). The van der Waals surface area contributed by atoms with Crippen LogP contribution in [0.15, 0.2) is 29.4 Å². The summed E-state index contributed by atoms with van der Waals surface area (Å²) >= 11 is 0. The summed E-state index contributed by atoms with van der Waals surface area (Å²) in [4.78, 5) is 11.3. The molecule has 5 nitrogen and oxygen atoms in total. The van der Waals surface area contributed by atoms with Gasteiger partial charge in [0.2, 0.25) is 0 Å². The van der Waals surface area contributed by atoms with Crippen LogP contribution in [0, 0.1) is 0 Å². The number of nitrogens with one attached hydrogen (secondary N) is 2. The Morgan fingerprint density at radius 1 is 1.23 bits per heavy atom. The van der Waals surface area contributed by atoms with Gasteiger partial charge in [-0.3, -0.25) is 9.88 Å². The van der Waals surface area contributed by atoms with Gasteiger partial charge in [-0.25, -0.2) is 4.99 Å². The highest BCUT2D eigenvalue weighted by Crippen LogP contribution is 1.97. The number of hydrogen-bond acceptors (Lipinski definition) is 3. The van der Waals surface area contributed by atoms with Crippen LogP contribution >= 0.6 is 24.0 Å². The van der Waals surface area contributed by atoms with E-state index in [4.69, 9.17) is 0 Å². The summed E-state index contributed by atoms with van der Waals surface area (Å²) < 4.78 is 0. The largest absolute Gasteiger partial charge is 0.357 e. The van der Waals surface area contributed by atoms with Crippen molar-refractivity contribution >= 4 is 29.9 Å². The molecule has 0 saturated heterocycles. The Kier molecular flexibility index (Phi) is 12.1. The lowest BCUT2D eigenvalue weighted by Gasteiger charge is -2.27. The highest BCUT2D eigenvalue weighted by Gasteiger charge is 2.10. The summed E-state index contributed by atoms with van der Waals surface area (Å²) in [5, 5.41) is 6.69. The second-order valence-electron chi connectivity index (χ2n) is 4.97. The molecular weight excluding hydrogens is 389 g/mol. The van der Waals surface area contributed by atoms with Crippen LogP contribution in [0.3, 0.4) is 0 Å². The molecular formula is C16H30IN5. The summed E-state index contributed by atoms with van der Waals surface area (Å²) in [6.07, 6.45) is 1.80. The van der Waals surface area contributed by atoms with Gasteiger partial charge in [0.25, 0.3) is 0 Å². The lowest BCUT2D eigenvalue weighted by Crippen LogP contribution is -2.46. The monoisotopic (exact) mass is 419 g/mol. The molecule has 0 amide bonds. The van der Waals surface area contributed by atoms with Gasteiger partial charge in [0.15, 0.2) is 5.96 Å². The van der Waals surface area contributed by atoms with Gasteiger partial charge in [-0.05, 0) is 39.1 Å². The predicted octanol–water partition coefficient (Wildman–Crippen LogP) is 2.49. The fourth-order valence-corrected chi connectivity index (χ4v) is 2.21. The van der Waals surface area contributed by atoms with Crippen LogP contribution in [-0.2, 0) is 6.54 Å². The first-order valence-electron chi connectivity index (χ1n) is 7.87. The molecule has 0 spiro atoms. The molecule has 0 aromatic carbocycles. The zero-order valence-electron chi connectivity index (χ0n) is 14.2. The number of rotatable bonds is 8. The summed E-state index contributed by atoms with van der Waals surface area (Å²) in [7, 11) is 0. The van der Waals surface area contributed by atoms with Gasteiger partial charge in [0, 0.05) is 25.3 Å². The van der Waals surface area contributed by atoms with Gasteiger partial charge in [-0.2, -0.15) is 0 Å². The highest BCUT2D eigenvalue weighted by atomic mass is 127. The number of hydrogen-bond donors (Lipinski definition) is 2. The maximum absolute atomic E-state index is 4.58. The second kappa shape index (κ2) is 12.6. The second-order valence-corrected chi connectivity index (χ2v) is 4.97. The van der Waals surface area contributed by atoms with Crippen LogP contribution in [0.2, 0.25) is 0 Å². The van der Waals surface area contributed by atoms with E-state index >= 15 is 0 Å². The Morgan fingerprint density at radius 3 is 2.50 bits per heavy atom. The Labute approximate surface area is 152 Å². The number of likely N-dealkylation sites (N-methyl/N-ethyl adjacent to an activating group) is 1. The number of nitrogens with zero attached hydrogens (tertiary/aromatic N) is 3. The molecule has 0 aliphatic carbocycles. The first-order valence-corrected chi connectivity index (χ1v) is 7.87. The van der Waals surface area contributed by atoms with E-state index in [1.165, 1.54) is 0 Å². The molecule has 1 aromatic rings.